The molecule has 0 aliphatic rings. The molecule has 3 aromatic rings. The van der Waals surface area contributed by atoms with Crippen molar-refractivity contribution >= 4 is 28.9 Å². The van der Waals surface area contributed by atoms with Crippen LogP contribution >= 0.6 is 23.2 Å². The zero-order valence-corrected chi connectivity index (χ0v) is 13.7. The van der Waals surface area contributed by atoms with E-state index in [1.165, 1.54) is 0 Å². The van der Waals surface area contributed by atoms with Gasteiger partial charge in [0.25, 0.3) is 0 Å². The summed E-state index contributed by atoms with van der Waals surface area (Å²) in [6, 6.07) is 12.8. The Morgan fingerprint density at radius 3 is 2.78 bits per heavy atom. The number of anilines is 1. The lowest BCUT2D eigenvalue weighted by molar-refractivity contribution is 0.383. The molecule has 3 rings (SSSR count). The van der Waals surface area contributed by atoms with Gasteiger partial charge in [0.05, 0.1) is 35.0 Å². The number of aromatic nitrogens is 2. The highest BCUT2D eigenvalue weighted by Crippen LogP contribution is 2.30. The predicted molar refractivity (Wildman–Crippen MR) is 90.1 cm³/mol. The van der Waals surface area contributed by atoms with Gasteiger partial charge >= 0.3 is 0 Å². The van der Waals surface area contributed by atoms with E-state index in [0.717, 1.165) is 5.56 Å². The summed E-state index contributed by atoms with van der Waals surface area (Å²) < 4.78 is 10.6. The zero-order valence-electron chi connectivity index (χ0n) is 12.2. The highest BCUT2D eigenvalue weighted by atomic mass is 35.5. The molecule has 0 saturated carbocycles. The molecule has 0 atom stereocenters. The van der Waals surface area contributed by atoms with E-state index in [2.05, 4.69) is 15.5 Å². The van der Waals surface area contributed by atoms with Crippen molar-refractivity contribution in [1.82, 2.24) is 10.1 Å². The van der Waals surface area contributed by atoms with Crippen molar-refractivity contribution in [2.24, 2.45) is 0 Å². The van der Waals surface area contributed by atoms with Gasteiger partial charge in [-0.05, 0) is 24.3 Å². The summed E-state index contributed by atoms with van der Waals surface area (Å²) in [7, 11) is 1.60. The summed E-state index contributed by atoms with van der Waals surface area (Å²) >= 11 is 12.1. The highest BCUT2D eigenvalue weighted by molar-refractivity contribution is 6.43. The number of nitrogens with one attached hydrogen (secondary N) is 1. The smallest absolute Gasteiger partial charge is 0.246 e. The van der Waals surface area contributed by atoms with Crippen LogP contribution in [0.5, 0.6) is 5.75 Å². The van der Waals surface area contributed by atoms with Crippen molar-refractivity contribution in [2.45, 2.75) is 6.54 Å². The molecule has 1 heterocycles. The molecule has 0 fully saturated rings. The van der Waals surface area contributed by atoms with Crippen molar-refractivity contribution in [3.05, 3.63) is 58.4 Å². The lowest BCUT2D eigenvalue weighted by Crippen LogP contribution is -2.00. The lowest BCUT2D eigenvalue weighted by Gasteiger charge is -2.06. The van der Waals surface area contributed by atoms with Gasteiger partial charge in [-0.25, -0.2) is 0 Å². The van der Waals surface area contributed by atoms with Crippen LogP contribution in [0.15, 0.2) is 47.0 Å². The van der Waals surface area contributed by atoms with Gasteiger partial charge in [-0.2, -0.15) is 4.98 Å². The van der Waals surface area contributed by atoms with Crippen LogP contribution in [0.4, 0.5) is 5.69 Å². The number of nitrogens with zero attached hydrogens (tertiary/aromatic N) is 2. The van der Waals surface area contributed by atoms with Crippen LogP contribution in [-0.4, -0.2) is 17.3 Å². The summed E-state index contributed by atoms with van der Waals surface area (Å²) in [5, 5.41) is 8.04. The Labute approximate surface area is 143 Å². The van der Waals surface area contributed by atoms with Crippen LogP contribution < -0.4 is 10.1 Å². The van der Waals surface area contributed by atoms with E-state index in [9.17, 15) is 0 Å². The maximum atomic E-state index is 6.12. The fourth-order valence-corrected chi connectivity index (χ4v) is 2.44. The minimum Gasteiger partial charge on any atom is -0.496 e. The van der Waals surface area contributed by atoms with Crippen molar-refractivity contribution < 1.29 is 9.26 Å². The molecule has 7 heteroatoms. The molecule has 0 amide bonds. The second-order valence-corrected chi connectivity index (χ2v) is 5.45. The quantitative estimate of drug-likeness (QED) is 0.725. The van der Waals surface area contributed by atoms with E-state index in [-0.39, 0.29) is 0 Å². The van der Waals surface area contributed by atoms with E-state index in [1.807, 2.05) is 36.4 Å². The molecular formula is C16H13Cl2N3O2. The van der Waals surface area contributed by atoms with Gasteiger partial charge < -0.3 is 14.6 Å². The van der Waals surface area contributed by atoms with E-state index in [4.69, 9.17) is 32.5 Å². The summed E-state index contributed by atoms with van der Waals surface area (Å²) in [6.07, 6.45) is 0. The van der Waals surface area contributed by atoms with Crippen LogP contribution in [0, 0.1) is 0 Å². The van der Waals surface area contributed by atoms with Crippen molar-refractivity contribution in [3.8, 4) is 17.1 Å². The third kappa shape index (κ3) is 3.41. The van der Waals surface area contributed by atoms with E-state index in [1.54, 1.807) is 13.2 Å². The van der Waals surface area contributed by atoms with Gasteiger partial charge in [0, 0.05) is 0 Å². The number of ether oxygens (including phenoxy) is 1. The number of hydrogen-bond donors (Lipinski definition) is 1. The maximum Gasteiger partial charge on any atom is 0.246 e. The van der Waals surface area contributed by atoms with Crippen molar-refractivity contribution in [1.29, 1.82) is 0 Å². The first-order valence-electron chi connectivity index (χ1n) is 6.83. The van der Waals surface area contributed by atoms with E-state index < -0.39 is 0 Å². The number of rotatable bonds is 5. The van der Waals surface area contributed by atoms with Crippen molar-refractivity contribution in [3.63, 3.8) is 0 Å². The SMILES string of the molecule is COc1ccccc1-c1noc(CNc2cccc(Cl)c2Cl)n1. The molecule has 23 heavy (non-hydrogen) atoms. The van der Waals surface area contributed by atoms with Gasteiger partial charge in [0.1, 0.15) is 5.75 Å². The fourth-order valence-electron chi connectivity index (χ4n) is 2.08. The Bertz CT molecular complexity index is 821. The molecule has 0 saturated heterocycles. The van der Waals surface area contributed by atoms with Gasteiger partial charge in [0.2, 0.25) is 11.7 Å². The molecule has 0 aliphatic heterocycles. The second-order valence-electron chi connectivity index (χ2n) is 4.67. The Morgan fingerprint density at radius 1 is 1.13 bits per heavy atom. The zero-order chi connectivity index (χ0) is 16.2. The summed E-state index contributed by atoms with van der Waals surface area (Å²) in [5.41, 5.74) is 1.47. The largest absolute Gasteiger partial charge is 0.496 e. The third-order valence-electron chi connectivity index (χ3n) is 3.20. The molecule has 0 unspecified atom stereocenters. The molecule has 118 valence electrons. The van der Waals surface area contributed by atoms with Gasteiger partial charge in [-0.15, -0.1) is 0 Å². The predicted octanol–water partition coefficient (Wildman–Crippen LogP) is 4.66. The molecule has 0 spiro atoms. The van der Waals surface area contributed by atoms with Crippen molar-refractivity contribution in [2.75, 3.05) is 12.4 Å². The summed E-state index contributed by atoms with van der Waals surface area (Å²) in [4.78, 5) is 4.36. The molecule has 1 aromatic heterocycles. The summed E-state index contributed by atoms with van der Waals surface area (Å²) in [6.45, 7) is 0.336. The highest BCUT2D eigenvalue weighted by Gasteiger charge is 2.13. The fraction of sp³-hybridized carbons (Fsp3) is 0.125. The number of methoxy groups -OCH3 is 1. The number of halogens is 2. The molecule has 5 nitrogen and oxygen atoms in total. The lowest BCUT2D eigenvalue weighted by atomic mass is 10.2. The molecule has 0 radical (unpaired) electrons. The number of hydrogen-bond acceptors (Lipinski definition) is 5. The molecule has 1 N–H and O–H groups in total. The Hall–Kier alpha value is -2.24. The van der Waals surface area contributed by atoms with Crippen LogP contribution in [-0.2, 0) is 6.54 Å². The Morgan fingerprint density at radius 2 is 1.96 bits per heavy atom. The number of benzene rings is 2. The van der Waals surface area contributed by atoms with E-state index in [0.29, 0.717) is 39.7 Å². The minimum absolute atomic E-state index is 0.336. The molecular weight excluding hydrogens is 337 g/mol. The van der Waals surface area contributed by atoms with Gasteiger partial charge in [-0.1, -0.05) is 46.6 Å². The van der Waals surface area contributed by atoms with Gasteiger partial charge in [-0.3, -0.25) is 0 Å². The first kappa shape index (κ1) is 15.6. The average molecular weight is 350 g/mol. The topological polar surface area (TPSA) is 60.2 Å². The third-order valence-corrected chi connectivity index (χ3v) is 4.02. The first-order valence-corrected chi connectivity index (χ1v) is 7.58. The minimum atomic E-state index is 0.336. The van der Waals surface area contributed by atoms with Crippen LogP contribution in [0.25, 0.3) is 11.4 Å². The second kappa shape index (κ2) is 6.89. The van der Waals surface area contributed by atoms with Crippen LogP contribution in [0.1, 0.15) is 5.89 Å². The summed E-state index contributed by atoms with van der Waals surface area (Å²) in [5.74, 6) is 1.59. The average Bonchev–Trinajstić information content (AvgIpc) is 3.05. The standard InChI is InChI=1S/C16H13Cl2N3O2/c1-22-13-8-3-2-5-10(13)16-20-14(23-21-16)9-19-12-7-4-6-11(17)15(12)18/h2-8,19H,9H2,1H3. The Kier molecular flexibility index (Phi) is 4.69. The van der Waals surface area contributed by atoms with Crippen LogP contribution in [0.2, 0.25) is 10.0 Å². The molecule has 0 bridgehead atoms. The van der Waals surface area contributed by atoms with Gasteiger partial charge in [0.15, 0.2) is 0 Å². The van der Waals surface area contributed by atoms with Crippen LogP contribution in [0.3, 0.4) is 0 Å². The Balaban J connectivity index is 1.76. The van der Waals surface area contributed by atoms with E-state index >= 15 is 0 Å². The number of para-hydroxylation sites is 1. The molecule has 0 aliphatic carbocycles. The monoisotopic (exact) mass is 349 g/mol. The maximum absolute atomic E-state index is 6.12. The normalized spacial score (nSPS) is 10.6. The molecule has 2 aromatic carbocycles. The first-order chi connectivity index (χ1) is 11.2.